The number of likely N-dealkylation sites (tertiary alicyclic amines) is 1. The van der Waals surface area contributed by atoms with E-state index in [1.807, 2.05) is 30.3 Å². The van der Waals surface area contributed by atoms with Crippen molar-refractivity contribution < 1.29 is 14.3 Å². The molecular weight excluding hydrogens is 230 g/mol. The van der Waals surface area contributed by atoms with Crippen molar-refractivity contribution in [3.8, 4) is 0 Å². The standard InChI is InChI=1S/C14H17NO3/c1-11(16)13-8-5-9-15(13)14(17)18-10-12-6-3-2-4-7-12/h2-4,6-7,13H,5,8-10H2,1H3. The van der Waals surface area contributed by atoms with Crippen LogP contribution in [0.2, 0.25) is 0 Å². The van der Waals surface area contributed by atoms with E-state index in [2.05, 4.69) is 0 Å². The Balaban J connectivity index is 1.90. The largest absolute Gasteiger partial charge is 0.445 e. The molecule has 1 aromatic rings. The average Bonchev–Trinajstić information content (AvgIpc) is 2.86. The fourth-order valence-corrected chi connectivity index (χ4v) is 2.21. The molecule has 1 amide bonds. The third kappa shape index (κ3) is 2.88. The topological polar surface area (TPSA) is 46.6 Å². The van der Waals surface area contributed by atoms with E-state index in [-0.39, 0.29) is 18.4 Å². The second-order valence-electron chi connectivity index (χ2n) is 4.50. The lowest BCUT2D eigenvalue weighted by molar-refractivity contribution is -0.120. The van der Waals surface area contributed by atoms with Gasteiger partial charge in [-0.2, -0.15) is 0 Å². The van der Waals surface area contributed by atoms with E-state index in [9.17, 15) is 9.59 Å². The highest BCUT2D eigenvalue weighted by Crippen LogP contribution is 2.19. The van der Waals surface area contributed by atoms with Crippen LogP contribution in [-0.2, 0) is 16.1 Å². The maximum absolute atomic E-state index is 11.9. The van der Waals surface area contributed by atoms with Gasteiger partial charge in [0.05, 0.1) is 6.04 Å². The summed E-state index contributed by atoms with van der Waals surface area (Å²) in [5.74, 6) is 0.0316. The number of ketones is 1. The Bertz CT molecular complexity index is 430. The van der Waals surface area contributed by atoms with Gasteiger partial charge in [-0.1, -0.05) is 30.3 Å². The van der Waals surface area contributed by atoms with Crippen molar-refractivity contribution in [2.45, 2.75) is 32.4 Å². The van der Waals surface area contributed by atoms with Crippen molar-refractivity contribution in [3.63, 3.8) is 0 Å². The minimum atomic E-state index is -0.392. The van der Waals surface area contributed by atoms with Crippen LogP contribution in [0, 0.1) is 0 Å². The quantitative estimate of drug-likeness (QED) is 0.823. The highest BCUT2D eigenvalue weighted by atomic mass is 16.6. The van der Waals surface area contributed by atoms with Crippen LogP contribution >= 0.6 is 0 Å². The number of hydrogen-bond acceptors (Lipinski definition) is 3. The lowest BCUT2D eigenvalue weighted by atomic mass is 10.1. The summed E-state index contributed by atoms with van der Waals surface area (Å²) in [5, 5.41) is 0. The molecule has 1 heterocycles. The predicted octanol–water partition coefficient (Wildman–Crippen LogP) is 2.38. The van der Waals surface area contributed by atoms with E-state index < -0.39 is 6.09 Å². The second kappa shape index (κ2) is 5.67. The number of amides is 1. The lowest BCUT2D eigenvalue weighted by Gasteiger charge is -2.21. The highest BCUT2D eigenvalue weighted by molar-refractivity contribution is 5.85. The Morgan fingerprint density at radius 2 is 2.06 bits per heavy atom. The van der Waals surface area contributed by atoms with E-state index in [0.717, 1.165) is 18.4 Å². The summed E-state index contributed by atoms with van der Waals surface area (Å²) in [7, 11) is 0. The van der Waals surface area contributed by atoms with Gasteiger partial charge in [-0.25, -0.2) is 4.79 Å². The third-order valence-electron chi connectivity index (χ3n) is 3.16. The minimum Gasteiger partial charge on any atom is -0.445 e. The fraction of sp³-hybridized carbons (Fsp3) is 0.429. The molecule has 96 valence electrons. The van der Waals surface area contributed by atoms with Gasteiger partial charge in [0.1, 0.15) is 6.61 Å². The smallest absolute Gasteiger partial charge is 0.410 e. The SMILES string of the molecule is CC(=O)C1CCCN1C(=O)OCc1ccccc1. The number of ether oxygens (including phenoxy) is 1. The molecule has 18 heavy (non-hydrogen) atoms. The monoisotopic (exact) mass is 247 g/mol. The number of hydrogen-bond donors (Lipinski definition) is 0. The summed E-state index contributed by atoms with van der Waals surface area (Å²) in [4.78, 5) is 24.8. The van der Waals surface area contributed by atoms with Gasteiger partial charge in [0.2, 0.25) is 0 Å². The van der Waals surface area contributed by atoms with Gasteiger partial charge in [0, 0.05) is 6.54 Å². The third-order valence-corrected chi connectivity index (χ3v) is 3.16. The van der Waals surface area contributed by atoms with Crippen molar-refractivity contribution in [3.05, 3.63) is 35.9 Å². The molecule has 1 unspecified atom stereocenters. The number of rotatable bonds is 3. The number of carbonyl (C=O) groups is 2. The van der Waals surface area contributed by atoms with Crippen molar-refractivity contribution >= 4 is 11.9 Å². The first kappa shape index (κ1) is 12.6. The Morgan fingerprint density at radius 3 is 2.72 bits per heavy atom. The molecule has 0 bridgehead atoms. The summed E-state index contributed by atoms with van der Waals surface area (Å²) in [5.41, 5.74) is 0.949. The van der Waals surface area contributed by atoms with Gasteiger partial charge in [0.15, 0.2) is 5.78 Å². The molecule has 1 aromatic carbocycles. The molecule has 0 saturated carbocycles. The molecule has 0 N–H and O–H groups in total. The van der Waals surface area contributed by atoms with Crippen LogP contribution in [0.25, 0.3) is 0 Å². The van der Waals surface area contributed by atoms with E-state index in [4.69, 9.17) is 4.74 Å². The Hall–Kier alpha value is -1.84. The van der Waals surface area contributed by atoms with Crippen LogP contribution in [0.3, 0.4) is 0 Å². The molecular formula is C14H17NO3. The predicted molar refractivity (Wildman–Crippen MR) is 67.0 cm³/mol. The molecule has 0 spiro atoms. The maximum atomic E-state index is 11.9. The molecule has 0 aromatic heterocycles. The summed E-state index contributed by atoms with van der Waals surface area (Å²) in [6, 6.07) is 9.22. The zero-order valence-corrected chi connectivity index (χ0v) is 10.5. The van der Waals surface area contributed by atoms with Crippen LogP contribution < -0.4 is 0 Å². The molecule has 1 atom stereocenters. The molecule has 4 heteroatoms. The first-order chi connectivity index (χ1) is 8.68. The summed E-state index contributed by atoms with van der Waals surface area (Å²) in [6.07, 6.45) is 1.22. The van der Waals surface area contributed by atoms with Crippen LogP contribution in [0.5, 0.6) is 0 Å². The number of carbonyl (C=O) groups excluding carboxylic acids is 2. The Kier molecular flexibility index (Phi) is 3.97. The first-order valence-electron chi connectivity index (χ1n) is 6.16. The normalized spacial score (nSPS) is 18.7. The number of benzene rings is 1. The second-order valence-corrected chi connectivity index (χ2v) is 4.50. The van der Waals surface area contributed by atoms with Gasteiger partial charge < -0.3 is 4.74 Å². The minimum absolute atomic E-state index is 0.0316. The van der Waals surface area contributed by atoms with Crippen LogP contribution in [0.4, 0.5) is 4.79 Å². The number of Topliss-reactive ketones (excluding diaryl/α,β-unsaturated/α-hetero) is 1. The van der Waals surface area contributed by atoms with E-state index >= 15 is 0 Å². The Morgan fingerprint density at radius 1 is 1.33 bits per heavy atom. The molecule has 1 saturated heterocycles. The highest BCUT2D eigenvalue weighted by Gasteiger charge is 2.32. The van der Waals surface area contributed by atoms with Crippen LogP contribution in [-0.4, -0.2) is 29.4 Å². The van der Waals surface area contributed by atoms with Gasteiger partial charge >= 0.3 is 6.09 Å². The molecule has 4 nitrogen and oxygen atoms in total. The maximum Gasteiger partial charge on any atom is 0.410 e. The molecule has 0 radical (unpaired) electrons. The summed E-state index contributed by atoms with van der Waals surface area (Å²) >= 11 is 0. The van der Waals surface area contributed by atoms with E-state index in [0.29, 0.717) is 6.54 Å². The zero-order chi connectivity index (χ0) is 13.0. The van der Waals surface area contributed by atoms with E-state index in [1.165, 1.54) is 11.8 Å². The van der Waals surface area contributed by atoms with Crippen molar-refractivity contribution in [1.82, 2.24) is 4.90 Å². The van der Waals surface area contributed by atoms with Gasteiger partial charge in [0.25, 0.3) is 0 Å². The lowest BCUT2D eigenvalue weighted by Crippen LogP contribution is -2.39. The molecule has 2 rings (SSSR count). The molecule has 1 aliphatic rings. The molecule has 1 fully saturated rings. The fourth-order valence-electron chi connectivity index (χ4n) is 2.21. The van der Waals surface area contributed by atoms with Crippen LogP contribution in [0.1, 0.15) is 25.3 Å². The first-order valence-corrected chi connectivity index (χ1v) is 6.16. The zero-order valence-electron chi connectivity index (χ0n) is 10.5. The average molecular weight is 247 g/mol. The molecule has 0 aliphatic carbocycles. The van der Waals surface area contributed by atoms with Gasteiger partial charge in [-0.3, -0.25) is 9.69 Å². The van der Waals surface area contributed by atoms with Crippen molar-refractivity contribution in [2.75, 3.05) is 6.54 Å². The van der Waals surface area contributed by atoms with Gasteiger partial charge in [-0.05, 0) is 25.3 Å². The number of nitrogens with zero attached hydrogens (tertiary/aromatic N) is 1. The molecule has 1 aliphatic heterocycles. The van der Waals surface area contributed by atoms with Crippen molar-refractivity contribution in [1.29, 1.82) is 0 Å². The van der Waals surface area contributed by atoms with Gasteiger partial charge in [-0.15, -0.1) is 0 Å². The van der Waals surface area contributed by atoms with Crippen molar-refractivity contribution in [2.24, 2.45) is 0 Å². The summed E-state index contributed by atoms with van der Waals surface area (Å²) in [6.45, 7) is 2.38. The van der Waals surface area contributed by atoms with E-state index in [1.54, 1.807) is 0 Å². The summed E-state index contributed by atoms with van der Waals surface area (Å²) < 4.78 is 5.23. The van der Waals surface area contributed by atoms with Crippen LogP contribution in [0.15, 0.2) is 30.3 Å². The Labute approximate surface area is 107 Å².